The summed E-state index contributed by atoms with van der Waals surface area (Å²) in [4.78, 5) is 14.6. The second-order valence-corrected chi connectivity index (χ2v) is 7.24. The number of nitrogens with one attached hydrogen (secondary N) is 2. The molecule has 2 N–H and O–H groups in total. The van der Waals surface area contributed by atoms with Crippen LogP contribution in [-0.4, -0.2) is 42.3 Å². The number of anilines is 2. The number of nitrogens with zero attached hydrogens (tertiary/aromatic N) is 3. The first-order chi connectivity index (χ1) is 12.7. The number of piperidine rings is 1. The lowest BCUT2D eigenvalue weighted by Crippen LogP contribution is -2.52. The van der Waals surface area contributed by atoms with Gasteiger partial charge in [0, 0.05) is 18.8 Å². The number of carbonyl (C=O) groups is 1. The molecule has 26 heavy (non-hydrogen) atoms. The first kappa shape index (κ1) is 17.0. The van der Waals surface area contributed by atoms with Crippen LogP contribution in [0.5, 0.6) is 0 Å². The van der Waals surface area contributed by atoms with Gasteiger partial charge >= 0.3 is 0 Å². The molecule has 6 nitrogen and oxygen atoms in total. The Labute approximate surface area is 154 Å². The van der Waals surface area contributed by atoms with E-state index in [0.29, 0.717) is 5.92 Å². The molecule has 4 rings (SSSR count). The first-order valence-electron chi connectivity index (χ1n) is 9.35. The van der Waals surface area contributed by atoms with E-state index in [4.69, 9.17) is 0 Å². The van der Waals surface area contributed by atoms with Crippen LogP contribution in [0, 0.1) is 12.8 Å². The predicted molar refractivity (Wildman–Crippen MR) is 102 cm³/mol. The highest BCUT2D eigenvalue weighted by atomic mass is 16.2. The third-order valence-corrected chi connectivity index (χ3v) is 5.46. The molecule has 1 amide bonds. The van der Waals surface area contributed by atoms with E-state index in [9.17, 15) is 4.79 Å². The SMILES string of the molecule is Cc1nnccc1N1CC(C(=O)Nc2ccc(C3CCNCC3)cc2)C1. The molecule has 0 saturated carbocycles. The summed E-state index contributed by atoms with van der Waals surface area (Å²) in [6.07, 6.45) is 4.07. The van der Waals surface area contributed by atoms with Crippen LogP contribution in [0.2, 0.25) is 0 Å². The molecule has 0 atom stereocenters. The van der Waals surface area contributed by atoms with Crippen LogP contribution in [0.4, 0.5) is 11.4 Å². The van der Waals surface area contributed by atoms with Crippen LogP contribution in [-0.2, 0) is 4.79 Å². The topological polar surface area (TPSA) is 70.2 Å². The lowest BCUT2D eigenvalue weighted by molar-refractivity contribution is -0.120. The Hall–Kier alpha value is -2.47. The van der Waals surface area contributed by atoms with E-state index in [0.717, 1.165) is 43.2 Å². The molecule has 0 spiro atoms. The molecule has 3 heterocycles. The molecular formula is C20H25N5O. The fraction of sp³-hybridized carbons (Fsp3) is 0.450. The maximum Gasteiger partial charge on any atom is 0.231 e. The Bertz CT molecular complexity index is 764. The van der Waals surface area contributed by atoms with Crippen LogP contribution in [0.3, 0.4) is 0 Å². The largest absolute Gasteiger partial charge is 0.368 e. The van der Waals surface area contributed by atoms with E-state index >= 15 is 0 Å². The van der Waals surface area contributed by atoms with E-state index in [2.05, 4.69) is 37.9 Å². The number of aryl methyl sites for hydroxylation is 1. The number of hydrogen-bond donors (Lipinski definition) is 2. The van der Waals surface area contributed by atoms with Gasteiger partial charge in [0.1, 0.15) is 0 Å². The average molecular weight is 351 g/mol. The summed E-state index contributed by atoms with van der Waals surface area (Å²) < 4.78 is 0. The number of rotatable bonds is 4. The minimum atomic E-state index is 0.0201. The van der Waals surface area contributed by atoms with E-state index in [1.54, 1.807) is 6.20 Å². The van der Waals surface area contributed by atoms with Crippen LogP contribution in [0.1, 0.15) is 30.0 Å². The van der Waals surface area contributed by atoms with Crippen molar-refractivity contribution in [3.05, 3.63) is 47.8 Å². The Balaban J connectivity index is 1.31. The fourth-order valence-corrected chi connectivity index (χ4v) is 3.81. The molecule has 2 aromatic rings. The van der Waals surface area contributed by atoms with E-state index in [-0.39, 0.29) is 11.8 Å². The third kappa shape index (κ3) is 3.55. The summed E-state index contributed by atoms with van der Waals surface area (Å²) in [5, 5.41) is 14.4. The Morgan fingerprint density at radius 3 is 2.58 bits per heavy atom. The van der Waals surface area contributed by atoms with Crippen LogP contribution in [0.15, 0.2) is 36.5 Å². The summed E-state index contributed by atoms with van der Waals surface area (Å²) in [5.41, 5.74) is 4.23. The van der Waals surface area contributed by atoms with Gasteiger partial charge in [0.25, 0.3) is 0 Å². The minimum Gasteiger partial charge on any atom is -0.368 e. The molecule has 2 aliphatic rings. The van der Waals surface area contributed by atoms with Gasteiger partial charge in [0.15, 0.2) is 0 Å². The van der Waals surface area contributed by atoms with Gasteiger partial charge in [-0.2, -0.15) is 10.2 Å². The zero-order valence-corrected chi connectivity index (χ0v) is 15.1. The lowest BCUT2D eigenvalue weighted by atomic mass is 9.90. The average Bonchev–Trinajstić information content (AvgIpc) is 2.63. The molecule has 2 aliphatic heterocycles. The summed E-state index contributed by atoms with van der Waals surface area (Å²) in [6.45, 7) is 5.58. The molecular weight excluding hydrogens is 326 g/mol. The van der Waals surface area contributed by atoms with Gasteiger partial charge in [-0.1, -0.05) is 12.1 Å². The quantitative estimate of drug-likeness (QED) is 0.885. The number of carbonyl (C=O) groups excluding carboxylic acids is 1. The molecule has 0 radical (unpaired) electrons. The predicted octanol–water partition coefficient (Wildman–Crippen LogP) is 2.33. The minimum absolute atomic E-state index is 0.0201. The van der Waals surface area contributed by atoms with Gasteiger partial charge < -0.3 is 15.5 Å². The summed E-state index contributed by atoms with van der Waals surface area (Å²) in [7, 11) is 0. The molecule has 2 fully saturated rings. The molecule has 0 aliphatic carbocycles. The second-order valence-electron chi connectivity index (χ2n) is 7.24. The zero-order chi connectivity index (χ0) is 17.9. The Morgan fingerprint density at radius 1 is 1.15 bits per heavy atom. The van der Waals surface area contributed by atoms with Gasteiger partial charge in [-0.15, -0.1) is 0 Å². The zero-order valence-electron chi connectivity index (χ0n) is 15.1. The van der Waals surface area contributed by atoms with E-state index in [1.807, 2.05) is 25.1 Å². The van der Waals surface area contributed by atoms with Crippen molar-refractivity contribution in [3.63, 3.8) is 0 Å². The summed E-state index contributed by atoms with van der Waals surface area (Å²) >= 11 is 0. The number of hydrogen-bond acceptors (Lipinski definition) is 5. The van der Waals surface area contributed by atoms with Crippen LogP contribution >= 0.6 is 0 Å². The van der Waals surface area contributed by atoms with E-state index < -0.39 is 0 Å². The number of amides is 1. The van der Waals surface area contributed by atoms with Crippen molar-refractivity contribution in [2.75, 3.05) is 36.4 Å². The Kier molecular flexibility index (Phi) is 4.84. The maximum atomic E-state index is 12.5. The van der Waals surface area contributed by atoms with Crippen molar-refractivity contribution in [2.24, 2.45) is 5.92 Å². The summed E-state index contributed by atoms with van der Waals surface area (Å²) in [6, 6.07) is 10.3. The molecule has 6 heteroatoms. The molecule has 2 saturated heterocycles. The van der Waals surface area contributed by atoms with Crippen molar-refractivity contribution in [3.8, 4) is 0 Å². The van der Waals surface area contributed by atoms with Crippen molar-refractivity contribution in [1.29, 1.82) is 0 Å². The van der Waals surface area contributed by atoms with Gasteiger partial charge in [-0.25, -0.2) is 0 Å². The smallest absolute Gasteiger partial charge is 0.231 e. The molecule has 0 unspecified atom stereocenters. The highest BCUT2D eigenvalue weighted by molar-refractivity contribution is 5.94. The van der Waals surface area contributed by atoms with Gasteiger partial charge in [-0.05, 0) is 62.5 Å². The molecule has 1 aromatic heterocycles. The van der Waals surface area contributed by atoms with Crippen LogP contribution in [0.25, 0.3) is 0 Å². The van der Waals surface area contributed by atoms with Crippen molar-refractivity contribution < 1.29 is 4.79 Å². The molecule has 0 bridgehead atoms. The normalized spacial score (nSPS) is 18.4. The van der Waals surface area contributed by atoms with Gasteiger partial charge in [0.05, 0.1) is 23.5 Å². The summed E-state index contributed by atoms with van der Waals surface area (Å²) in [5.74, 6) is 0.751. The monoisotopic (exact) mass is 351 g/mol. The number of aromatic nitrogens is 2. The fourth-order valence-electron chi connectivity index (χ4n) is 3.81. The van der Waals surface area contributed by atoms with Crippen LogP contribution < -0.4 is 15.5 Å². The highest BCUT2D eigenvalue weighted by Crippen LogP contribution is 2.28. The van der Waals surface area contributed by atoms with Gasteiger partial charge in [-0.3, -0.25) is 4.79 Å². The molecule has 136 valence electrons. The lowest BCUT2D eigenvalue weighted by Gasteiger charge is -2.40. The first-order valence-corrected chi connectivity index (χ1v) is 9.35. The highest BCUT2D eigenvalue weighted by Gasteiger charge is 2.33. The maximum absolute atomic E-state index is 12.5. The van der Waals surface area contributed by atoms with Gasteiger partial charge in [0.2, 0.25) is 5.91 Å². The van der Waals surface area contributed by atoms with Crippen molar-refractivity contribution >= 4 is 17.3 Å². The second kappa shape index (κ2) is 7.41. The Morgan fingerprint density at radius 2 is 1.88 bits per heavy atom. The van der Waals surface area contributed by atoms with E-state index in [1.165, 1.54) is 18.4 Å². The van der Waals surface area contributed by atoms with Crippen molar-refractivity contribution in [2.45, 2.75) is 25.7 Å². The van der Waals surface area contributed by atoms with Crippen molar-refractivity contribution in [1.82, 2.24) is 15.5 Å². The standard InChI is InChI=1S/C20H25N5O/c1-14-19(8-11-22-24-14)25-12-17(13-25)20(26)23-18-4-2-15(3-5-18)16-6-9-21-10-7-16/h2-5,8,11,16-17,21H,6-7,9-10,12-13H2,1H3,(H,23,26). The molecule has 1 aromatic carbocycles. The third-order valence-electron chi connectivity index (χ3n) is 5.46. The number of benzene rings is 1.